The molecule has 0 fully saturated rings. The van der Waals surface area contributed by atoms with Crippen molar-refractivity contribution in [1.29, 1.82) is 0 Å². The molecule has 2 N–H and O–H groups in total. The summed E-state index contributed by atoms with van der Waals surface area (Å²) < 4.78 is 31.0. The topological polar surface area (TPSA) is 110 Å². The Morgan fingerprint density at radius 3 is 2.45 bits per heavy atom. The highest BCUT2D eigenvalue weighted by atomic mass is 32.2. The van der Waals surface area contributed by atoms with Gasteiger partial charge in [-0.3, -0.25) is 14.1 Å². The molecule has 0 saturated heterocycles. The van der Waals surface area contributed by atoms with Gasteiger partial charge in [-0.15, -0.1) is 23.1 Å². The predicted molar refractivity (Wildman–Crippen MR) is 157 cm³/mol. The number of aryl methyl sites for hydroxylation is 2. The van der Waals surface area contributed by atoms with Crippen LogP contribution in [0.15, 0.2) is 38.2 Å². The molecule has 1 amide bonds. The normalized spacial score (nSPS) is 11.7. The lowest BCUT2D eigenvalue weighted by molar-refractivity contribution is -0.121. The molecule has 0 atom stereocenters. The van der Waals surface area contributed by atoms with Crippen LogP contribution in [0.2, 0.25) is 0 Å². The number of fused-ring (bicyclic) bond motifs is 1. The molecule has 0 saturated carbocycles. The minimum Gasteiger partial charge on any atom is -0.356 e. The standard InChI is InChI=1S/C27H38N4O4S3/c1-5-6-9-12-23(32)28-17-10-7-8-11-18-36-26-24-25(29-27(33)31(24)20(3)21(4)37-26)30-38(34,35)22-15-13-19(2)14-16-22/h13-16H,5-12,17-18H2,1-4H3,(H,28,32)(H,29,30,33). The van der Waals surface area contributed by atoms with E-state index in [1.807, 2.05) is 20.8 Å². The van der Waals surface area contributed by atoms with E-state index in [2.05, 4.69) is 21.9 Å². The summed E-state index contributed by atoms with van der Waals surface area (Å²) in [6, 6.07) is 6.55. The first-order valence-electron chi connectivity index (χ1n) is 13.2. The summed E-state index contributed by atoms with van der Waals surface area (Å²) in [5.74, 6) is 1.04. The SMILES string of the molecule is CCCCCC(=O)NCCCCCCSc1sc(C)c(C)n2c(=O)nc(NS(=O)(=O)c3ccc(C)cc3)c1-2. The molecule has 3 rings (SSSR count). The van der Waals surface area contributed by atoms with Crippen LogP contribution in [0, 0.1) is 20.8 Å². The summed E-state index contributed by atoms with van der Waals surface area (Å²) in [6.45, 7) is 8.53. The fourth-order valence-corrected chi connectivity index (χ4v) is 7.52. The van der Waals surface area contributed by atoms with Crippen LogP contribution < -0.4 is 15.7 Å². The van der Waals surface area contributed by atoms with Gasteiger partial charge in [-0.05, 0) is 57.9 Å². The second-order valence-electron chi connectivity index (χ2n) is 9.45. The maximum absolute atomic E-state index is 13.0. The zero-order chi connectivity index (χ0) is 27.7. The van der Waals surface area contributed by atoms with Gasteiger partial charge in [0.05, 0.1) is 9.10 Å². The highest BCUT2D eigenvalue weighted by Gasteiger charge is 2.26. The van der Waals surface area contributed by atoms with Crippen LogP contribution in [-0.2, 0) is 14.8 Å². The Hall–Kier alpha value is -2.37. The van der Waals surface area contributed by atoms with E-state index >= 15 is 0 Å². The Morgan fingerprint density at radius 2 is 1.74 bits per heavy atom. The van der Waals surface area contributed by atoms with Gasteiger partial charge in [-0.1, -0.05) is 50.3 Å². The third kappa shape index (κ3) is 8.07. The average molecular weight is 579 g/mol. The zero-order valence-electron chi connectivity index (χ0n) is 22.6. The highest BCUT2D eigenvalue weighted by molar-refractivity contribution is 8.01. The minimum atomic E-state index is -3.90. The molecule has 38 heavy (non-hydrogen) atoms. The summed E-state index contributed by atoms with van der Waals surface area (Å²) >= 11 is 3.17. The van der Waals surface area contributed by atoms with Crippen molar-refractivity contribution in [2.45, 2.75) is 88.2 Å². The smallest absolute Gasteiger partial charge is 0.354 e. The Bertz CT molecular complexity index is 1350. The number of carbonyl (C=O) groups is 1. The van der Waals surface area contributed by atoms with E-state index in [4.69, 9.17) is 0 Å². The molecule has 2 heterocycles. The van der Waals surface area contributed by atoms with E-state index in [9.17, 15) is 18.0 Å². The van der Waals surface area contributed by atoms with Crippen molar-refractivity contribution in [1.82, 2.24) is 14.9 Å². The summed E-state index contributed by atoms with van der Waals surface area (Å²) in [7, 11) is -3.90. The number of rotatable bonds is 15. The second-order valence-corrected chi connectivity index (χ2v) is 13.7. The van der Waals surface area contributed by atoms with E-state index in [-0.39, 0.29) is 16.6 Å². The predicted octanol–water partition coefficient (Wildman–Crippen LogP) is 5.81. The number of nitrogens with one attached hydrogen (secondary N) is 2. The molecule has 1 aromatic carbocycles. The van der Waals surface area contributed by atoms with Gasteiger partial charge in [0.2, 0.25) is 5.91 Å². The first-order chi connectivity index (χ1) is 18.1. The molecule has 2 aliphatic heterocycles. The van der Waals surface area contributed by atoms with Gasteiger partial charge in [0.25, 0.3) is 10.0 Å². The summed E-state index contributed by atoms with van der Waals surface area (Å²) in [5.41, 5.74) is 1.73. The van der Waals surface area contributed by atoms with E-state index in [1.165, 1.54) is 4.57 Å². The molecule has 0 aliphatic carbocycles. The van der Waals surface area contributed by atoms with Crippen molar-refractivity contribution in [3.05, 3.63) is 50.9 Å². The van der Waals surface area contributed by atoms with Crippen LogP contribution >= 0.6 is 23.1 Å². The molecule has 208 valence electrons. The van der Waals surface area contributed by atoms with Crippen molar-refractivity contribution in [2.24, 2.45) is 0 Å². The number of sulfonamides is 1. The second kappa shape index (κ2) is 14.1. The Kier molecular flexibility index (Phi) is 11.2. The van der Waals surface area contributed by atoms with E-state index in [1.54, 1.807) is 47.4 Å². The largest absolute Gasteiger partial charge is 0.356 e. The van der Waals surface area contributed by atoms with Gasteiger partial charge in [0.15, 0.2) is 5.82 Å². The van der Waals surface area contributed by atoms with Crippen molar-refractivity contribution < 1.29 is 13.2 Å². The van der Waals surface area contributed by atoms with E-state index in [0.717, 1.165) is 71.0 Å². The number of hydrogen-bond donors (Lipinski definition) is 2. The lowest BCUT2D eigenvalue weighted by Gasteiger charge is -2.16. The fraction of sp³-hybridized carbons (Fsp3) is 0.519. The molecule has 2 aliphatic rings. The highest BCUT2D eigenvalue weighted by Crippen LogP contribution is 2.38. The summed E-state index contributed by atoms with van der Waals surface area (Å²) in [6.07, 6.45) is 7.75. The molecule has 0 spiro atoms. The number of carbonyl (C=O) groups excluding carboxylic acids is 1. The third-order valence-electron chi connectivity index (χ3n) is 6.33. The van der Waals surface area contributed by atoms with Crippen LogP contribution in [-0.4, -0.2) is 36.2 Å². The van der Waals surface area contributed by atoms with Crippen LogP contribution in [0.25, 0.3) is 5.69 Å². The van der Waals surface area contributed by atoms with Gasteiger partial charge < -0.3 is 5.32 Å². The molecule has 1 aromatic rings. The van der Waals surface area contributed by atoms with Crippen molar-refractivity contribution in [3.63, 3.8) is 0 Å². The van der Waals surface area contributed by atoms with Crippen molar-refractivity contribution in [3.8, 4) is 5.69 Å². The monoisotopic (exact) mass is 578 g/mol. The number of amides is 1. The van der Waals surface area contributed by atoms with Gasteiger partial charge >= 0.3 is 5.69 Å². The lowest BCUT2D eigenvalue weighted by Crippen LogP contribution is -2.23. The number of thioether (sulfide) groups is 1. The van der Waals surface area contributed by atoms with Gasteiger partial charge in [0.1, 0.15) is 5.69 Å². The third-order valence-corrected chi connectivity index (χ3v) is 10.2. The molecule has 0 aromatic heterocycles. The Morgan fingerprint density at radius 1 is 1.03 bits per heavy atom. The maximum Gasteiger partial charge on any atom is 0.354 e. The number of hydrogen-bond acceptors (Lipinski definition) is 7. The maximum atomic E-state index is 13.0. The van der Waals surface area contributed by atoms with Gasteiger partial charge in [-0.25, -0.2) is 13.2 Å². The van der Waals surface area contributed by atoms with Crippen molar-refractivity contribution in [2.75, 3.05) is 17.0 Å². The number of imidazole rings is 1. The van der Waals surface area contributed by atoms with Gasteiger partial charge in [0, 0.05) is 23.5 Å². The molecule has 8 nitrogen and oxygen atoms in total. The van der Waals surface area contributed by atoms with E-state index < -0.39 is 15.7 Å². The van der Waals surface area contributed by atoms with E-state index in [0.29, 0.717) is 18.7 Å². The summed E-state index contributed by atoms with van der Waals surface area (Å²) in [5, 5.41) is 2.99. The number of aromatic nitrogens is 2. The summed E-state index contributed by atoms with van der Waals surface area (Å²) in [4.78, 5) is 29.7. The molecule has 0 bridgehead atoms. The van der Waals surface area contributed by atoms with Crippen LogP contribution in [0.3, 0.4) is 0 Å². The first kappa shape index (κ1) is 30.2. The van der Waals surface area contributed by atoms with Crippen LogP contribution in [0.5, 0.6) is 0 Å². The van der Waals surface area contributed by atoms with Gasteiger partial charge in [-0.2, -0.15) is 4.98 Å². The number of anilines is 1. The lowest BCUT2D eigenvalue weighted by atomic mass is 10.2. The number of unbranched alkanes of at least 4 members (excludes halogenated alkanes) is 5. The first-order valence-corrected chi connectivity index (χ1v) is 16.4. The average Bonchev–Trinajstić information content (AvgIpc) is 3.19. The van der Waals surface area contributed by atoms with Crippen LogP contribution in [0.1, 0.15) is 74.4 Å². The quantitative estimate of drug-likeness (QED) is 0.174. The Balaban J connectivity index is 1.61. The molecular weight excluding hydrogens is 541 g/mol. The van der Waals surface area contributed by atoms with Crippen LogP contribution in [0.4, 0.5) is 5.82 Å². The Labute approximate surface area is 234 Å². The molecular formula is C27H38N4O4S3. The molecule has 0 unspecified atom stereocenters. The van der Waals surface area contributed by atoms with Crippen molar-refractivity contribution >= 4 is 44.8 Å². The molecule has 0 radical (unpaired) electrons. The molecule has 11 heteroatoms. The number of benzene rings is 1. The minimum absolute atomic E-state index is 0.0621. The number of nitrogens with zero attached hydrogens (tertiary/aromatic N) is 2. The fourth-order valence-electron chi connectivity index (χ4n) is 3.99. The zero-order valence-corrected chi connectivity index (χ0v) is 25.1.